The molecule has 0 saturated heterocycles. The molecule has 2 aromatic rings. The zero-order valence-corrected chi connectivity index (χ0v) is 15.6. The third kappa shape index (κ3) is 5.56. The molecule has 0 saturated carbocycles. The normalized spacial score (nSPS) is 11.3. The van der Waals surface area contributed by atoms with E-state index in [1.165, 1.54) is 22.3 Å². The molecule has 0 aliphatic carbocycles. The Morgan fingerprint density at radius 2 is 1.75 bits per heavy atom. The quantitative estimate of drug-likeness (QED) is 0.498. The van der Waals surface area contributed by atoms with Gasteiger partial charge in [-0.05, 0) is 66.9 Å². The smallest absolute Gasteiger partial charge is 0.122 e. The van der Waals surface area contributed by atoms with E-state index in [-0.39, 0.29) is 5.41 Å². The van der Waals surface area contributed by atoms with Crippen LogP contribution in [0.1, 0.15) is 49.8 Å². The minimum atomic E-state index is 0.234. The molecule has 1 nitrogen and oxygen atoms in total. The maximum Gasteiger partial charge on any atom is 0.122 e. The van der Waals surface area contributed by atoms with Gasteiger partial charge >= 0.3 is 0 Å². The van der Waals surface area contributed by atoms with Crippen LogP contribution >= 0.6 is 0 Å². The molecule has 0 radical (unpaired) electrons. The van der Waals surface area contributed by atoms with Crippen LogP contribution in [0.15, 0.2) is 55.1 Å². The Hall–Kier alpha value is -2.02. The van der Waals surface area contributed by atoms with Gasteiger partial charge in [-0.2, -0.15) is 0 Å². The van der Waals surface area contributed by atoms with Crippen molar-refractivity contribution in [1.82, 2.24) is 0 Å². The highest BCUT2D eigenvalue weighted by Gasteiger charge is 2.19. The molecule has 0 atom stereocenters. The number of rotatable bonds is 8. The Morgan fingerprint density at radius 1 is 1.04 bits per heavy atom. The van der Waals surface area contributed by atoms with Crippen LogP contribution in [0.3, 0.4) is 0 Å². The van der Waals surface area contributed by atoms with E-state index in [9.17, 15) is 0 Å². The van der Waals surface area contributed by atoms with E-state index in [2.05, 4.69) is 76.7 Å². The fraction of sp³-hybridized carbons (Fsp3) is 0.391. The van der Waals surface area contributed by atoms with Crippen LogP contribution in [0.25, 0.3) is 5.57 Å². The minimum Gasteiger partial charge on any atom is -0.493 e. The zero-order chi connectivity index (χ0) is 17.6. The lowest BCUT2D eigenvalue weighted by Crippen LogP contribution is -2.14. The molecular formula is C23H30O. The van der Waals surface area contributed by atoms with Gasteiger partial charge in [0.1, 0.15) is 5.75 Å². The summed E-state index contributed by atoms with van der Waals surface area (Å²) in [5.41, 5.74) is 5.15. The van der Waals surface area contributed by atoms with Gasteiger partial charge in [-0.25, -0.2) is 0 Å². The molecule has 0 amide bonds. The van der Waals surface area contributed by atoms with Crippen molar-refractivity contribution in [1.29, 1.82) is 0 Å². The summed E-state index contributed by atoms with van der Waals surface area (Å²) >= 11 is 0. The number of ether oxygens (including phenoxy) is 1. The second-order valence-electron chi connectivity index (χ2n) is 7.53. The SMILES string of the molecule is C=C(CC(C)(C)CCCOc1cc(C)ccc1C)c1ccccc1. The van der Waals surface area contributed by atoms with Gasteiger partial charge in [0, 0.05) is 0 Å². The van der Waals surface area contributed by atoms with Gasteiger partial charge in [0.2, 0.25) is 0 Å². The van der Waals surface area contributed by atoms with Crippen molar-refractivity contribution in [2.24, 2.45) is 5.41 Å². The topological polar surface area (TPSA) is 9.23 Å². The average Bonchev–Trinajstić information content (AvgIpc) is 2.55. The second-order valence-corrected chi connectivity index (χ2v) is 7.53. The largest absolute Gasteiger partial charge is 0.493 e. The molecule has 0 spiro atoms. The molecule has 0 aromatic heterocycles. The number of benzene rings is 2. The average molecular weight is 322 g/mol. The molecule has 0 aliphatic rings. The van der Waals surface area contributed by atoms with Gasteiger partial charge < -0.3 is 4.74 Å². The maximum absolute atomic E-state index is 5.98. The van der Waals surface area contributed by atoms with Gasteiger partial charge in [-0.1, -0.05) is 62.9 Å². The van der Waals surface area contributed by atoms with E-state index in [0.717, 1.165) is 31.6 Å². The van der Waals surface area contributed by atoms with Crippen LogP contribution in [-0.4, -0.2) is 6.61 Å². The Bertz CT molecular complexity index is 668. The first kappa shape index (κ1) is 18.3. The lowest BCUT2D eigenvalue weighted by molar-refractivity contribution is 0.258. The fourth-order valence-corrected chi connectivity index (χ4v) is 3.04. The summed E-state index contributed by atoms with van der Waals surface area (Å²) < 4.78 is 5.98. The molecule has 0 heterocycles. The van der Waals surface area contributed by atoms with Gasteiger partial charge in [0.25, 0.3) is 0 Å². The van der Waals surface area contributed by atoms with E-state index in [1.807, 2.05) is 6.07 Å². The Balaban J connectivity index is 1.80. The van der Waals surface area contributed by atoms with E-state index < -0.39 is 0 Å². The number of allylic oxidation sites excluding steroid dienone is 1. The Labute approximate surface area is 147 Å². The van der Waals surface area contributed by atoms with Crippen molar-refractivity contribution in [3.63, 3.8) is 0 Å². The molecule has 0 bridgehead atoms. The summed E-state index contributed by atoms with van der Waals surface area (Å²) in [6.45, 7) is 13.9. The Morgan fingerprint density at radius 3 is 2.46 bits per heavy atom. The molecule has 0 fully saturated rings. The molecule has 2 aromatic carbocycles. The minimum absolute atomic E-state index is 0.234. The zero-order valence-electron chi connectivity index (χ0n) is 15.6. The van der Waals surface area contributed by atoms with Crippen molar-refractivity contribution >= 4 is 5.57 Å². The van der Waals surface area contributed by atoms with E-state index in [0.29, 0.717) is 0 Å². The first-order valence-electron chi connectivity index (χ1n) is 8.81. The molecular weight excluding hydrogens is 292 g/mol. The summed E-state index contributed by atoms with van der Waals surface area (Å²) in [6.07, 6.45) is 3.20. The molecule has 0 unspecified atom stereocenters. The summed E-state index contributed by atoms with van der Waals surface area (Å²) in [5.74, 6) is 1.02. The number of hydrogen-bond acceptors (Lipinski definition) is 1. The van der Waals surface area contributed by atoms with Gasteiger partial charge in [-0.15, -0.1) is 0 Å². The molecule has 2 rings (SSSR count). The van der Waals surface area contributed by atoms with Crippen molar-refractivity contribution in [2.75, 3.05) is 6.61 Å². The van der Waals surface area contributed by atoms with Crippen molar-refractivity contribution < 1.29 is 4.74 Å². The van der Waals surface area contributed by atoms with Crippen molar-refractivity contribution in [3.8, 4) is 5.75 Å². The molecule has 128 valence electrons. The van der Waals surface area contributed by atoms with Gasteiger partial charge in [0.15, 0.2) is 0 Å². The lowest BCUT2D eigenvalue weighted by atomic mass is 9.80. The predicted octanol–water partition coefficient (Wildman–Crippen LogP) is 6.59. The predicted molar refractivity (Wildman–Crippen MR) is 105 cm³/mol. The lowest BCUT2D eigenvalue weighted by Gasteiger charge is -2.26. The first-order chi connectivity index (χ1) is 11.4. The number of hydrogen-bond donors (Lipinski definition) is 0. The standard InChI is InChI=1S/C23H30O/c1-18-12-13-19(2)22(16-18)24-15-9-14-23(4,5)17-20(3)21-10-7-6-8-11-21/h6-8,10-13,16H,3,9,14-15,17H2,1-2,4-5H3. The van der Waals surface area contributed by atoms with E-state index >= 15 is 0 Å². The van der Waals surface area contributed by atoms with E-state index in [1.54, 1.807) is 0 Å². The van der Waals surface area contributed by atoms with Crippen LogP contribution in [0.2, 0.25) is 0 Å². The molecule has 0 aliphatic heterocycles. The Kier molecular flexibility index (Phi) is 6.25. The molecule has 1 heteroatoms. The second kappa shape index (κ2) is 8.19. The van der Waals surface area contributed by atoms with Crippen LogP contribution in [0.4, 0.5) is 0 Å². The van der Waals surface area contributed by atoms with Crippen LogP contribution in [0, 0.1) is 19.3 Å². The highest BCUT2D eigenvalue weighted by Crippen LogP contribution is 2.34. The van der Waals surface area contributed by atoms with Crippen LogP contribution < -0.4 is 4.74 Å². The highest BCUT2D eigenvalue weighted by molar-refractivity contribution is 5.63. The van der Waals surface area contributed by atoms with Crippen LogP contribution in [-0.2, 0) is 0 Å². The summed E-state index contributed by atoms with van der Waals surface area (Å²) in [4.78, 5) is 0. The fourth-order valence-electron chi connectivity index (χ4n) is 3.04. The molecule has 24 heavy (non-hydrogen) atoms. The third-order valence-corrected chi connectivity index (χ3v) is 4.47. The summed E-state index contributed by atoms with van der Waals surface area (Å²) in [5, 5.41) is 0. The van der Waals surface area contributed by atoms with Crippen molar-refractivity contribution in [3.05, 3.63) is 71.8 Å². The van der Waals surface area contributed by atoms with E-state index in [4.69, 9.17) is 4.74 Å². The first-order valence-corrected chi connectivity index (χ1v) is 8.81. The monoisotopic (exact) mass is 322 g/mol. The highest BCUT2D eigenvalue weighted by atomic mass is 16.5. The third-order valence-electron chi connectivity index (χ3n) is 4.47. The summed E-state index contributed by atoms with van der Waals surface area (Å²) in [6, 6.07) is 16.9. The van der Waals surface area contributed by atoms with Gasteiger partial charge in [0.05, 0.1) is 6.61 Å². The van der Waals surface area contributed by atoms with Crippen LogP contribution in [0.5, 0.6) is 5.75 Å². The molecule has 0 N–H and O–H groups in total. The maximum atomic E-state index is 5.98. The van der Waals surface area contributed by atoms with Crippen molar-refractivity contribution in [2.45, 2.75) is 47.0 Å². The van der Waals surface area contributed by atoms with Gasteiger partial charge in [-0.3, -0.25) is 0 Å². The summed E-state index contributed by atoms with van der Waals surface area (Å²) in [7, 11) is 0. The number of aryl methyl sites for hydroxylation is 2.